The first-order valence-corrected chi connectivity index (χ1v) is 6.47. The highest BCUT2D eigenvalue weighted by Crippen LogP contribution is 2.27. The molecule has 0 aromatic carbocycles. The summed E-state index contributed by atoms with van der Waals surface area (Å²) in [5.74, 6) is -2.76. The Labute approximate surface area is 113 Å². The van der Waals surface area contributed by atoms with E-state index in [9.17, 15) is 13.2 Å². The zero-order valence-electron chi connectivity index (χ0n) is 10.4. The first-order chi connectivity index (χ1) is 8.84. The number of halogens is 3. The van der Waals surface area contributed by atoms with Crippen molar-refractivity contribution in [3.63, 3.8) is 0 Å². The van der Waals surface area contributed by atoms with Crippen molar-refractivity contribution in [3.05, 3.63) is 22.4 Å². The normalized spacial score (nSPS) is 14.9. The molecular weight excluding hydrogens is 279 g/mol. The van der Waals surface area contributed by atoms with Crippen LogP contribution in [-0.4, -0.2) is 42.3 Å². The van der Waals surface area contributed by atoms with Crippen molar-refractivity contribution in [1.29, 1.82) is 0 Å². The summed E-state index contributed by atoms with van der Waals surface area (Å²) in [6.45, 7) is 0.149. The van der Waals surface area contributed by atoms with Crippen molar-refractivity contribution < 1.29 is 18.4 Å². The average Bonchev–Trinajstić information content (AvgIpc) is 2.84. The lowest BCUT2D eigenvalue weighted by Gasteiger charge is -2.24. The van der Waals surface area contributed by atoms with E-state index < -0.39 is 17.9 Å². The Bertz CT molecular complexity index is 406. The fourth-order valence-corrected chi connectivity index (χ4v) is 2.29. The highest BCUT2D eigenvalue weighted by molar-refractivity contribution is 7.09. The van der Waals surface area contributed by atoms with Crippen molar-refractivity contribution >= 4 is 17.2 Å². The SMILES string of the molecule is CN(CCc1cccs1)CC(/C(N)=N/O)C(F)(F)F. The molecule has 1 atom stereocenters. The Hall–Kier alpha value is -1.28. The third-order valence-corrected chi connectivity index (χ3v) is 3.62. The molecule has 0 saturated heterocycles. The number of rotatable bonds is 6. The first kappa shape index (κ1) is 15.8. The second-order valence-corrected chi connectivity index (χ2v) is 5.24. The van der Waals surface area contributed by atoms with Crippen LogP contribution in [0.2, 0.25) is 0 Å². The maximum Gasteiger partial charge on any atom is 0.400 e. The number of nitrogens with two attached hydrogens (primary N) is 1. The Kier molecular flexibility index (Phi) is 5.61. The molecule has 0 aliphatic carbocycles. The van der Waals surface area contributed by atoms with Gasteiger partial charge in [0.15, 0.2) is 5.84 Å². The molecule has 1 aromatic rings. The number of nitrogens with zero attached hydrogens (tertiary/aromatic N) is 2. The minimum Gasteiger partial charge on any atom is -0.409 e. The summed E-state index contributed by atoms with van der Waals surface area (Å²) in [5, 5.41) is 12.8. The lowest BCUT2D eigenvalue weighted by Crippen LogP contribution is -2.43. The topological polar surface area (TPSA) is 61.8 Å². The van der Waals surface area contributed by atoms with E-state index in [1.165, 1.54) is 4.90 Å². The van der Waals surface area contributed by atoms with Gasteiger partial charge in [-0.2, -0.15) is 13.2 Å². The highest BCUT2D eigenvalue weighted by atomic mass is 32.1. The van der Waals surface area contributed by atoms with Crippen LogP contribution in [0.25, 0.3) is 0 Å². The second-order valence-electron chi connectivity index (χ2n) is 4.21. The number of thiophene rings is 1. The minimum absolute atomic E-state index is 0.329. The molecule has 0 radical (unpaired) electrons. The van der Waals surface area contributed by atoms with Gasteiger partial charge in [-0.15, -0.1) is 11.3 Å². The van der Waals surface area contributed by atoms with Crippen LogP contribution < -0.4 is 5.73 Å². The number of hydrogen-bond donors (Lipinski definition) is 2. The third-order valence-electron chi connectivity index (χ3n) is 2.68. The molecular formula is C11H16F3N3OS. The summed E-state index contributed by atoms with van der Waals surface area (Å²) < 4.78 is 38.2. The second kappa shape index (κ2) is 6.76. The van der Waals surface area contributed by atoms with Crippen molar-refractivity contribution in [3.8, 4) is 0 Å². The van der Waals surface area contributed by atoms with Crippen LogP contribution in [0.5, 0.6) is 0 Å². The van der Waals surface area contributed by atoms with Gasteiger partial charge in [0.25, 0.3) is 0 Å². The van der Waals surface area contributed by atoms with E-state index in [-0.39, 0.29) is 6.54 Å². The highest BCUT2D eigenvalue weighted by Gasteiger charge is 2.43. The van der Waals surface area contributed by atoms with E-state index in [0.717, 1.165) is 4.88 Å². The fraction of sp³-hybridized carbons (Fsp3) is 0.545. The molecule has 0 amide bonds. The van der Waals surface area contributed by atoms with E-state index in [1.54, 1.807) is 18.4 Å². The molecule has 1 rings (SSSR count). The predicted molar refractivity (Wildman–Crippen MR) is 68.5 cm³/mol. The van der Waals surface area contributed by atoms with Gasteiger partial charge in [-0.25, -0.2) is 0 Å². The van der Waals surface area contributed by atoms with Crippen LogP contribution in [-0.2, 0) is 6.42 Å². The van der Waals surface area contributed by atoms with Crippen LogP contribution in [0.15, 0.2) is 22.7 Å². The van der Waals surface area contributed by atoms with E-state index in [1.807, 2.05) is 17.5 Å². The van der Waals surface area contributed by atoms with Gasteiger partial charge in [-0.1, -0.05) is 11.2 Å². The molecule has 4 nitrogen and oxygen atoms in total. The maximum atomic E-state index is 12.7. The van der Waals surface area contributed by atoms with Crippen molar-refractivity contribution in [1.82, 2.24) is 4.90 Å². The van der Waals surface area contributed by atoms with E-state index >= 15 is 0 Å². The number of amidine groups is 1. The Morgan fingerprint density at radius 1 is 1.58 bits per heavy atom. The van der Waals surface area contributed by atoms with Gasteiger partial charge >= 0.3 is 6.18 Å². The first-order valence-electron chi connectivity index (χ1n) is 5.59. The van der Waals surface area contributed by atoms with Crippen molar-refractivity contribution in [2.24, 2.45) is 16.8 Å². The molecule has 1 unspecified atom stereocenters. The van der Waals surface area contributed by atoms with Gasteiger partial charge in [0.1, 0.15) is 5.92 Å². The number of oxime groups is 1. The maximum absolute atomic E-state index is 12.7. The summed E-state index contributed by atoms with van der Waals surface area (Å²) in [6.07, 6.45) is -3.84. The van der Waals surface area contributed by atoms with E-state index in [2.05, 4.69) is 5.16 Å². The average molecular weight is 295 g/mol. The molecule has 0 saturated carbocycles. The summed E-state index contributed by atoms with van der Waals surface area (Å²) in [6, 6.07) is 3.83. The molecule has 0 aliphatic heterocycles. The number of alkyl halides is 3. The number of hydrogen-bond acceptors (Lipinski definition) is 4. The lowest BCUT2D eigenvalue weighted by atomic mass is 10.1. The van der Waals surface area contributed by atoms with Gasteiger partial charge in [-0.05, 0) is 24.9 Å². The third kappa shape index (κ3) is 5.07. The smallest absolute Gasteiger partial charge is 0.400 e. The monoisotopic (exact) mass is 295 g/mol. The van der Waals surface area contributed by atoms with Gasteiger partial charge in [0.2, 0.25) is 0 Å². The van der Waals surface area contributed by atoms with Gasteiger partial charge < -0.3 is 15.8 Å². The Balaban J connectivity index is 2.54. The van der Waals surface area contributed by atoms with Gasteiger partial charge in [-0.3, -0.25) is 0 Å². The van der Waals surface area contributed by atoms with Crippen LogP contribution in [0.3, 0.4) is 0 Å². The van der Waals surface area contributed by atoms with E-state index in [0.29, 0.717) is 13.0 Å². The van der Waals surface area contributed by atoms with Crippen molar-refractivity contribution in [2.75, 3.05) is 20.1 Å². The van der Waals surface area contributed by atoms with Crippen LogP contribution >= 0.6 is 11.3 Å². The quantitative estimate of drug-likeness (QED) is 0.366. The lowest BCUT2D eigenvalue weighted by molar-refractivity contribution is -0.159. The largest absolute Gasteiger partial charge is 0.409 e. The zero-order valence-corrected chi connectivity index (χ0v) is 11.2. The van der Waals surface area contributed by atoms with Gasteiger partial charge in [0.05, 0.1) is 0 Å². The van der Waals surface area contributed by atoms with Crippen LogP contribution in [0.1, 0.15) is 4.88 Å². The molecule has 1 heterocycles. The summed E-state index contributed by atoms with van der Waals surface area (Å²) in [5.41, 5.74) is 5.10. The molecule has 0 aliphatic rings. The minimum atomic E-state index is -4.52. The molecule has 3 N–H and O–H groups in total. The summed E-state index contributed by atoms with van der Waals surface area (Å²) in [7, 11) is 1.58. The van der Waals surface area contributed by atoms with Gasteiger partial charge in [0, 0.05) is 18.0 Å². The summed E-state index contributed by atoms with van der Waals surface area (Å²) >= 11 is 1.56. The number of likely N-dealkylation sites (N-methyl/N-ethyl adjacent to an activating group) is 1. The molecule has 108 valence electrons. The predicted octanol–water partition coefficient (Wildman–Crippen LogP) is 2.15. The molecule has 0 bridgehead atoms. The molecule has 8 heteroatoms. The van der Waals surface area contributed by atoms with Crippen molar-refractivity contribution in [2.45, 2.75) is 12.6 Å². The fourth-order valence-electron chi connectivity index (χ4n) is 1.59. The van der Waals surface area contributed by atoms with E-state index in [4.69, 9.17) is 10.9 Å². The zero-order chi connectivity index (χ0) is 14.5. The summed E-state index contributed by atoms with van der Waals surface area (Å²) in [4.78, 5) is 2.63. The molecule has 0 fully saturated rings. The Morgan fingerprint density at radius 2 is 2.26 bits per heavy atom. The molecule has 1 aromatic heterocycles. The molecule has 19 heavy (non-hydrogen) atoms. The standard InChI is InChI=1S/C11H16F3N3OS/c1-17(5-4-8-3-2-6-19-8)7-9(10(15)16-18)11(12,13)14/h2-3,6,9,18H,4-5,7H2,1H3,(H2,15,16). The Morgan fingerprint density at radius 3 is 2.74 bits per heavy atom. The van der Waals surface area contributed by atoms with Crippen LogP contribution in [0.4, 0.5) is 13.2 Å². The van der Waals surface area contributed by atoms with Crippen LogP contribution in [0, 0.1) is 5.92 Å². The molecule has 0 spiro atoms.